The zero-order valence-corrected chi connectivity index (χ0v) is 10.7. The third kappa shape index (κ3) is 2.22. The number of esters is 2. The molecule has 3 nitrogen and oxygen atoms in total. The first-order valence-corrected chi connectivity index (χ1v) is 6.70. The average molecular weight is 270 g/mol. The first-order chi connectivity index (χ1) is 9.25. The van der Waals surface area contributed by atoms with E-state index in [4.69, 9.17) is 4.74 Å². The first kappa shape index (κ1) is 11.9. The standard InChI is InChI=1S/C15H10O3S/c16-14-12(9-11-7-4-8-19-11)13(15(17)18-14)10-5-2-1-3-6-10/h1-9,13H/b12-9+. The Kier molecular flexibility index (Phi) is 3.01. The molecule has 1 unspecified atom stereocenters. The number of carbonyl (C=O) groups is 2. The topological polar surface area (TPSA) is 43.4 Å². The molecule has 0 bridgehead atoms. The van der Waals surface area contributed by atoms with E-state index in [0.717, 1.165) is 10.4 Å². The summed E-state index contributed by atoms with van der Waals surface area (Å²) >= 11 is 1.51. The van der Waals surface area contributed by atoms with Crippen molar-refractivity contribution in [2.45, 2.75) is 5.92 Å². The van der Waals surface area contributed by atoms with Crippen LogP contribution in [0.2, 0.25) is 0 Å². The Bertz CT molecular complexity index is 641. The Hall–Kier alpha value is -2.20. The molecule has 1 aromatic heterocycles. The molecule has 0 radical (unpaired) electrons. The van der Waals surface area contributed by atoms with E-state index >= 15 is 0 Å². The summed E-state index contributed by atoms with van der Waals surface area (Å²) in [5.41, 5.74) is 1.18. The summed E-state index contributed by atoms with van der Waals surface area (Å²) in [4.78, 5) is 24.6. The van der Waals surface area contributed by atoms with E-state index in [1.165, 1.54) is 11.3 Å². The molecule has 94 valence electrons. The SMILES string of the molecule is O=C1OC(=O)C(c2ccccc2)/C1=C\c1cccs1. The summed E-state index contributed by atoms with van der Waals surface area (Å²) in [6, 6.07) is 13.0. The molecule has 1 atom stereocenters. The number of carbonyl (C=O) groups excluding carboxylic acids is 2. The summed E-state index contributed by atoms with van der Waals surface area (Å²) in [5, 5.41) is 1.92. The fourth-order valence-corrected chi connectivity index (χ4v) is 2.75. The Morgan fingerprint density at radius 3 is 2.53 bits per heavy atom. The minimum Gasteiger partial charge on any atom is -0.389 e. The Morgan fingerprint density at radius 1 is 1.05 bits per heavy atom. The molecule has 0 amide bonds. The minimum absolute atomic E-state index is 0.402. The van der Waals surface area contributed by atoms with Crippen LogP contribution in [0.15, 0.2) is 53.4 Å². The van der Waals surface area contributed by atoms with E-state index in [2.05, 4.69) is 0 Å². The molecule has 2 heterocycles. The van der Waals surface area contributed by atoms with Crippen molar-refractivity contribution in [2.24, 2.45) is 0 Å². The van der Waals surface area contributed by atoms with Gasteiger partial charge in [-0.2, -0.15) is 0 Å². The highest BCUT2D eigenvalue weighted by Gasteiger charge is 2.40. The van der Waals surface area contributed by atoms with E-state index in [9.17, 15) is 9.59 Å². The van der Waals surface area contributed by atoms with Crippen LogP contribution in [0.3, 0.4) is 0 Å². The summed E-state index contributed by atoms with van der Waals surface area (Å²) in [6.07, 6.45) is 1.73. The second kappa shape index (κ2) is 4.82. The Morgan fingerprint density at radius 2 is 1.84 bits per heavy atom. The molecule has 0 aliphatic carbocycles. The van der Waals surface area contributed by atoms with E-state index < -0.39 is 17.9 Å². The summed E-state index contributed by atoms with van der Waals surface area (Å²) in [6.45, 7) is 0. The number of thiophene rings is 1. The molecular weight excluding hydrogens is 260 g/mol. The van der Waals surface area contributed by atoms with Crippen LogP contribution < -0.4 is 0 Å². The molecule has 0 spiro atoms. The first-order valence-electron chi connectivity index (χ1n) is 5.82. The third-order valence-corrected chi connectivity index (χ3v) is 3.77. The van der Waals surface area contributed by atoms with Gasteiger partial charge in [-0.1, -0.05) is 36.4 Å². The van der Waals surface area contributed by atoms with Gasteiger partial charge in [-0.25, -0.2) is 4.79 Å². The van der Waals surface area contributed by atoms with Gasteiger partial charge in [0.25, 0.3) is 0 Å². The molecule has 1 aromatic carbocycles. The molecule has 2 aromatic rings. The molecule has 1 aliphatic heterocycles. The second-order valence-corrected chi connectivity index (χ2v) is 5.15. The number of ether oxygens (including phenoxy) is 1. The molecule has 1 fully saturated rings. The van der Waals surface area contributed by atoms with E-state index in [-0.39, 0.29) is 0 Å². The van der Waals surface area contributed by atoms with Crippen LogP contribution in [0, 0.1) is 0 Å². The number of cyclic esters (lactones) is 2. The Balaban J connectivity index is 2.06. The highest BCUT2D eigenvalue weighted by Crippen LogP contribution is 2.34. The van der Waals surface area contributed by atoms with Gasteiger partial charge in [0, 0.05) is 4.88 Å². The van der Waals surface area contributed by atoms with Gasteiger partial charge in [0.2, 0.25) is 0 Å². The lowest BCUT2D eigenvalue weighted by molar-refractivity contribution is -0.151. The highest BCUT2D eigenvalue weighted by molar-refractivity contribution is 7.10. The van der Waals surface area contributed by atoms with Crippen LogP contribution in [0.1, 0.15) is 16.4 Å². The fourth-order valence-electron chi connectivity index (χ4n) is 2.08. The van der Waals surface area contributed by atoms with Crippen LogP contribution >= 0.6 is 11.3 Å². The number of hydrogen-bond donors (Lipinski definition) is 0. The molecule has 0 N–H and O–H groups in total. The van der Waals surface area contributed by atoms with Crippen molar-refractivity contribution in [3.8, 4) is 0 Å². The predicted octanol–water partition coefficient (Wildman–Crippen LogP) is 3.00. The van der Waals surface area contributed by atoms with Crippen molar-refractivity contribution >= 4 is 29.4 Å². The van der Waals surface area contributed by atoms with Crippen molar-refractivity contribution < 1.29 is 14.3 Å². The molecular formula is C15H10O3S. The van der Waals surface area contributed by atoms with Crippen LogP contribution in [-0.2, 0) is 14.3 Å². The van der Waals surface area contributed by atoms with Crippen molar-refractivity contribution in [3.63, 3.8) is 0 Å². The van der Waals surface area contributed by atoms with Gasteiger partial charge in [0.05, 0.1) is 5.57 Å². The predicted molar refractivity (Wildman–Crippen MR) is 72.6 cm³/mol. The number of benzene rings is 1. The summed E-state index contributed by atoms with van der Waals surface area (Å²) in [7, 11) is 0. The number of hydrogen-bond acceptors (Lipinski definition) is 4. The molecule has 4 heteroatoms. The van der Waals surface area contributed by atoms with Crippen LogP contribution in [-0.4, -0.2) is 11.9 Å². The van der Waals surface area contributed by atoms with Gasteiger partial charge in [-0.15, -0.1) is 11.3 Å². The summed E-state index contributed by atoms with van der Waals surface area (Å²) < 4.78 is 4.75. The maximum Gasteiger partial charge on any atom is 0.342 e. The molecule has 3 rings (SSSR count). The normalized spacial score (nSPS) is 20.8. The van der Waals surface area contributed by atoms with Gasteiger partial charge in [0.1, 0.15) is 5.92 Å². The molecule has 1 aliphatic rings. The number of rotatable bonds is 2. The lowest BCUT2D eigenvalue weighted by Gasteiger charge is -2.06. The van der Waals surface area contributed by atoms with Crippen molar-refractivity contribution in [1.82, 2.24) is 0 Å². The monoisotopic (exact) mass is 270 g/mol. The smallest absolute Gasteiger partial charge is 0.342 e. The van der Waals surface area contributed by atoms with Gasteiger partial charge < -0.3 is 4.74 Å². The molecule has 1 saturated heterocycles. The van der Waals surface area contributed by atoms with E-state index in [1.807, 2.05) is 47.8 Å². The zero-order valence-electron chi connectivity index (χ0n) is 9.91. The lowest BCUT2D eigenvalue weighted by Crippen LogP contribution is -2.06. The van der Waals surface area contributed by atoms with Gasteiger partial charge in [0.15, 0.2) is 0 Å². The maximum atomic E-state index is 11.8. The van der Waals surface area contributed by atoms with Gasteiger partial charge >= 0.3 is 11.9 Å². The third-order valence-electron chi connectivity index (χ3n) is 2.95. The largest absolute Gasteiger partial charge is 0.389 e. The average Bonchev–Trinajstić information content (AvgIpc) is 3.00. The molecule has 19 heavy (non-hydrogen) atoms. The fraction of sp³-hybridized carbons (Fsp3) is 0.0667. The minimum atomic E-state index is -0.615. The zero-order chi connectivity index (χ0) is 13.2. The van der Waals surface area contributed by atoms with Gasteiger partial charge in [-0.3, -0.25) is 4.79 Å². The Labute approximate surface area is 114 Å². The summed E-state index contributed by atoms with van der Waals surface area (Å²) in [5.74, 6) is -1.66. The lowest BCUT2D eigenvalue weighted by atomic mass is 9.92. The van der Waals surface area contributed by atoms with Crippen molar-refractivity contribution in [2.75, 3.05) is 0 Å². The second-order valence-electron chi connectivity index (χ2n) is 4.17. The van der Waals surface area contributed by atoms with Crippen molar-refractivity contribution in [3.05, 3.63) is 63.9 Å². The quantitative estimate of drug-likeness (QED) is 0.478. The van der Waals surface area contributed by atoms with E-state index in [0.29, 0.717) is 5.57 Å². The maximum absolute atomic E-state index is 11.8. The highest BCUT2D eigenvalue weighted by atomic mass is 32.1. The van der Waals surface area contributed by atoms with Crippen LogP contribution in [0.25, 0.3) is 6.08 Å². The van der Waals surface area contributed by atoms with Gasteiger partial charge in [-0.05, 0) is 23.1 Å². The van der Waals surface area contributed by atoms with Crippen LogP contribution in [0.5, 0.6) is 0 Å². The van der Waals surface area contributed by atoms with Crippen molar-refractivity contribution in [1.29, 1.82) is 0 Å². The van der Waals surface area contributed by atoms with Crippen LogP contribution in [0.4, 0.5) is 0 Å². The van der Waals surface area contributed by atoms with E-state index in [1.54, 1.807) is 6.08 Å². The molecule has 0 saturated carbocycles.